The number of aromatic nitrogens is 2. The number of hydrogen-bond donors (Lipinski definition) is 1. The summed E-state index contributed by atoms with van der Waals surface area (Å²) in [6.45, 7) is 8.61. The van der Waals surface area contributed by atoms with Crippen LogP contribution < -0.4 is 5.32 Å². The zero-order valence-corrected chi connectivity index (χ0v) is 14.3. The molecule has 7 heteroatoms. The molecule has 1 aliphatic rings. The van der Waals surface area contributed by atoms with Crippen LogP contribution in [-0.2, 0) is 11.8 Å². The highest BCUT2D eigenvalue weighted by Crippen LogP contribution is 2.18. The third kappa shape index (κ3) is 4.10. The molecule has 1 atom stereocenters. The summed E-state index contributed by atoms with van der Waals surface area (Å²) in [7, 11) is 1.85. The summed E-state index contributed by atoms with van der Waals surface area (Å²) in [4.78, 5) is 18.1. The number of aliphatic imine (C=N–C) groups is 1. The summed E-state index contributed by atoms with van der Waals surface area (Å²) in [5.74, 6) is -0.220. The van der Waals surface area contributed by atoms with Crippen molar-refractivity contribution in [2.75, 3.05) is 13.1 Å². The van der Waals surface area contributed by atoms with Crippen molar-refractivity contribution in [2.45, 2.75) is 26.3 Å². The molecule has 0 aliphatic carbocycles. The van der Waals surface area contributed by atoms with E-state index >= 15 is 0 Å². The van der Waals surface area contributed by atoms with Gasteiger partial charge in [0.05, 0.1) is 5.69 Å². The van der Waals surface area contributed by atoms with Gasteiger partial charge < -0.3 is 10.2 Å². The molecule has 24 heavy (non-hydrogen) atoms. The van der Waals surface area contributed by atoms with Crippen LogP contribution in [0.2, 0.25) is 0 Å². The van der Waals surface area contributed by atoms with Crippen molar-refractivity contribution in [3.05, 3.63) is 36.3 Å². The van der Waals surface area contributed by atoms with Gasteiger partial charge in [0.25, 0.3) is 5.91 Å². The maximum absolute atomic E-state index is 12.2. The number of aryl methyl sites for hydroxylation is 2. The molecule has 0 spiro atoms. The largest absolute Gasteiger partial charge is 0.346 e. The monoisotopic (exact) mass is 326 g/mol. The Bertz CT molecular complexity index is 737. The van der Waals surface area contributed by atoms with Gasteiger partial charge in [-0.3, -0.25) is 14.5 Å². The molecule has 1 amide bonds. The Morgan fingerprint density at radius 2 is 2.38 bits per heavy atom. The Balaban J connectivity index is 2.06. The normalized spacial score (nSPS) is 18.4. The van der Waals surface area contributed by atoms with E-state index in [1.807, 2.05) is 20.2 Å². The van der Waals surface area contributed by atoms with Crippen molar-refractivity contribution in [1.29, 1.82) is 5.26 Å². The van der Waals surface area contributed by atoms with Crippen molar-refractivity contribution < 1.29 is 4.79 Å². The lowest BCUT2D eigenvalue weighted by Crippen LogP contribution is -2.39. The minimum absolute atomic E-state index is 0.00859. The van der Waals surface area contributed by atoms with Crippen LogP contribution in [0.1, 0.15) is 24.6 Å². The van der Waals surface area contributed by atoms with E-state index in [4.69, 9.17) is 5.26 Å². The van der Waals surface area contributed by atoms with Gasteiger partial charge >= 0.3 is 0 Å². The van der Waals surface area contributed by atoms with Crippen LogP contribution in [0.4, 0.5) is 0 Å². The molecule has 126 valence electrons. The van der Waals surface area contributed by atoms with Gasteiger partial charge in [0.2, 0.25) is 0 Å². The summed E-state index contributed by atoms with van der Waals surface area (Å²) in [6, 6.07) is -0.00859. The van der Waals surface area contributed by atoms with E-state index in [0.29, 0.717) is 18.8 Å². The highest BCUT2D eigenvalue weighted by atomic mass is 16.1. The number of nitrogens with one attached hydrogen (secondary N) is 1. The number of nitrogens with zero attached hydrogens (tertiary/aromatic N) is 5. The maximum atomic E-state index is 12.2. The van der Waals surface area contributed by atoms with E-state index in [-0.39, 0.29) is 11.9 Å². The number of amides is 1. The number of hydrogen-bond acceptors (Lipinski definition) is 5. The Labute approximate surface area is 142 Å². The van der Waals surface area contributed by atoms with Gasteiger partial charge in [0, 0.05) is 49.7 Å². The first-order chi connectivity index (χ1) is 11.4. The first kappa shape index (κ1) is 17.5. The van der Waals surface area contributed by atoms with E-state index in [9.17, 15) is 4.79 Å². The van der Waals surface area contributed by atoms with Crippen LogP contribution in [0, 0.1) is 18.4 Å². The molecule has 1 fully saturated rings. The molecule has 7 nitrogen and oxygen atoms in total. The average molecular weight is 326 g/mol. The average Bonchev–Trinajstić information content (AvgIpc) is 3.14. The number of carbonyl (C=O) groups excluding carboxylic acids is 1. The number of likely N-dealkylation sites (tertiary alicyclic amines) is 1. The summed E-state index contributed by atoms with van der Waals surface area (Å²) in [5, 5.41) is 16.0. The topological polar surface area (TPSA) is 86.3 Å². The molecular weight excluding hydrogens is 304 g/mol. The zero-order chi connectivity index (χ0) is 17.7. The third-order valence-corrected chi connectivity index (χ3v) is 3.94. The Morgan fingerprint density at radius 3 is 2.92 bits per heavy atom. The van der Waals surface area contributed by atoms with Crippen LogP contribution in [-0.4, -0.2) is 45.4 Å². The van der Waals surface area contributed by atoms with E-state index in [1.54, 1.807) is 28.8 Å². The fraction of sp³-hybridized carbons (Fsp3) is 0.412. The molecule has 0 aromatic carbocycles. The molecule has 2 heterocycles. The second-order valence-corrected chi connectivity index (χ2v) is 5.81. The first-order valence-electron chi connectivity index (χ1n) is 7.77. The molecule has 0 saturated carbocycles. The Morgan fingerprint density at radius 1 is 1.62 bits per heavy atom. The SMILES string of the molecule is C=C/C(=C\N=C(C)C(=O)N[C@@H]1CCN(C#N)C1)c1cn(C)nc1C. The number of carbonyl (C=O) groups is 1. The predicted molar refractivity (Wildman–Crippen MR) is 93.0 cm³/mol. The first-order valence-corrected chi connectivity index (χ1v) is 7.77. The molecule has 1 aliphatic heterocycles. The van der Waals surface area contributed by atoms with Crippen LogP contribution in [0.25, 0.3) is 5.57 Å². The summed E-state index contributed by atoms with van der Waals surface area (Å²) in [6.07, 6.45) is 8.08. The van der Waals surface area contributed by atoms with Crippen molar-refractivity contribution >= 4 is 17.2 Å². The Kier molecular flexibility index (Phi) is 5.53. The van der Waals surface area contributed by atoms with Crippen molar-refractivity contribution in [2.24, 2.45) is 12.0 Å². The van der Waals surface area contributed by atoms with Gasteiger partial charge in [0.1, 0.15) is 5.71 Å². The van der Waals surface area contributed by atoms with E-state index in [0.717, 1.165) is 23.3 Å². The Hall–Kier alpha value is -2.88. The van der Waals surface area contributed by atoms with Gasteiger partial charge in [-0.25, -0.2) is 0 Å². The number of nitriles is 1. The van der Waals surface area contributed by atoms with Crippen LogP contribution in [0.3, 0.4) is 0 Å². The van der Waals surface area contributed by atoms with E-state index < -0.39 is 0 Å². The molecule has 1 N–H and O–H groups in total. The maximum Gasteiger partial charge on any atom is 0.265 e. The quantitative estimate of drug-likeness (QED) is 0.503. The molecule has 0 radical (unpaired) electrons. The summed E-state index contributed by atoms with van der Waals surface area (Å²) >= 11 is 0. The summed E-state index contributed by atoms with van der Waals surface area (Å²) in [5.41, 5.74) is 2.99. The molecule has 1 saturated heterocycles. The molecule has 2 rings (SSSR count). The van der Waals surface area contributed by atoms with Crippen LogP contribution in [0.15, 0.2) is 30.0 Å². The van der Waals surface area contributed by atoms with Gasteiger partial charge in [-0.2, -0.15) is 10.4 Å². The van der Waals surface area contributed by atoms with E-state index in [2.05, 4.69) is 28.2 Å². The predicted octanol–water partition coefficient (Wildman–Crippen LogP) is 1.39. The highest BCUT2D eigenvalue weighted by Gasteiger charge is 2.23. The van der Waals surface area contributed by atoms with Crippen molar-refractivity contribution in [3.63, 3.8) is 0 Å². The lowest BCUT2D eigenvalue weighted by atomic mass is 10.1. The van der Waals surface area contributed by atoms with Gasteiger partial charge in [-0.05, 0) is 20.3 Å². The van der Waals surface area contributed by atoms with Crippen LogP contribution >= 0.6 is 0 Å². The van der Waals surface area contributed by atoms with Gasteiger partial charge in [-0.1, -0.05) is 12.7 Å². The minimum atomic E-state index is -0.220. The molecule has 0 unspecified atom stereocenters. The molecule has 1 aromatic rings. The van der Waals surface area contributed by atoms with E-state index in [1.165, 1.54) is 0 Å². The van der Waals surface area contributed by atoms with Crippen LogP contribution in [0.5, 0.6) is 0 Å². The molecular formula is C17H22N6O. The van der Waals surface area contributed by atoms with Gasteiger partial charge in [0.15, 0.2) is 6.19 Å². The highest BCUT2D eigenvalue weighted by molar-refractivity contribution is 6.38. The van der Waals surface area contributed by atoms with Crippen molar-refractivity contribution in [1.82, 2.24) is 20.0 Å². The fourth-order valence-corrected chi connectivity index (χ4v) is 2.60. The zero-order valence-electron chi connectivity index (χ0n) is 14.3. The number of allylic oxidation sites excluding steroid dienone is 2. The third-order valence-electron chi connectivity index (χ3n) is 3.94. The second-order valence-electron chi connectivity index (χ2n) is 5.81. The van der Waals surface area contributed by atoms with Gasteiger partial charge in [-0.15, -0.1) is 0 Å². The second kappa shape index (κ2) is 7.59. The number of rotatable bonds is 5. The lowest BCUT2D eigenvalue weighted by molar-refractivity contribution is -0.115. The standard InChI is InChI=1S/C17H22N6O/c1-5-14(16-10-22(4)21-12(16)2)8-19-13(3)17(24)20-15-6-7-23(9-15)11-18/h5,8,10,15H,1,6-7,9H2,2-4H3,(H,20,24)/b14-8+,19-13?/t15-/m1/s1. The minimum Gasteiger partial charge on any atom is -0.346 e. The lowest BCUT2D eigenvalue weighted by Gasteiger charge is -2.11. The molecule has 0 bridgehead atoms. The summed E-state index contributed by atoms with van der Waals surface area (Å²) < 4.78 is 1.73. The molecule has 1 aromatic heterocycles. The fourth-order valence-electron chi connectivity index (χ4n) is 2.60. The van der Waals surface area contributed by atoms with Crippen molar-refractivity contribution in [3.8, 4) is 6.19 Å². The smallest absolute Gasteiger partial charge is 0.265 e.